The summed E-state index contributed by atoms with van der Waals surface area (Å²) in [5, 5.41) is 2.83. The molecule has 0 aliphatic rings. The molecule has 0 aromatic carbocycles. The summed E-state index contributed by atoms with van der Waals surface area (Å²) in [5.41, 5.74) is 0.457. The molecule has 0 fully saturated rings. The van der Waals surface area contributed by atoms with Gasteiger partial charge in [0.25, 0.3) is 0 Å². The Morgan fingerprint density at radius 1 is 1.48 bits per heavy atom. The van der Waals surface area contributed by atoms with Crippen LogP contribution in [-0.2, 0) is 16.0 Å². The molecule has 1 amide bonds. The van der Waals surface area contributed by atoms with Gasteiger partial charge >= 0.3 is 6.09 Å². The van der Waals surface area contributed by atoms with Crippen LogP contribution in [0.4, 0.5) is 4.79 Å². The molecular weight excluding hydrogens is 270 g/mol. The van der Waals surface area contributed by atoms with Gasteiger partial charge in [-0.05, 0) is 41.0 Å². The fraction of sp³-hybridized carbons (Fsp3) is 0.733. The van der Waals surface area contributed by atoms with Crippen LogP contribution in [0.15, 0.2) is 12.5 Å². The van der Waals surface area contributed by atoms with Crippen molar-refractivity contribution in [2.24, 2.45) is 0 Å². The molecule has 0 spiro atoms. The van der Waals surface area contributed by atoms with Crippen molar-refractivity contribution in [1.82, 2.24) is 14.9 Å². The van der Waals surface area contributed by atoms with Gasteiger partial charge in [0, 0.05) is 19.8 Å². The number of hydrogen-bond donors (Lipinski definition) is 1. The summed E-state index contributed by atoms with van der Waals surface area (Å²) in [4.78, 5) is 15.9. The van der Waals surface area contributed by atoms with Gasteiger partial charge in [0.1, 0.15) is 5.60 Å². The quantitative estimate of drug-likeness (QED) is 0.786. The Morgan fingerprint density at radius 3 is 2.81 bits per heavy atom. The second-order valence-corrected chi connectivity index (χ2v) is 5.93. The molecule has 0 aliphatic heterocycles. The molecule has 21 heavy (non-hydrogen) atoms. The predicted octanol–water partition coefficient (Wildman–Crippen LogP) is 2.90. The molecule has 0 saturated heterocycles. The highest BCUT2D eigenvalue weighted by Gasteiger charge is 2.19. The molecule has 0 radical (unpaired) electrons. The third-order valence-corrected chi connectivity index (χ3v) is 2.81. The van der Waals surface area contributed by atoms with E-state index in [9.17, 15) is 4.79 Å². The SMILES string of the molecule is CCOCCCn1cncc1C(C)NC(=O)OC(C)(C)C. The average Bonchev–Trinajstić information content (AvgIpc) is 2.80. The first kappa shape index (κ1) is 17.5. The van der Waals surface area contributed by atoms with Crippen LogP contribution in [0.1, 0.15) is 52.8 Å². The smallest absolute Gasteiger partial charge is 0.408 e. The topological polar surface area (TPSA) is 65.4 Å². The number of rotatable bonds is 7. The minimum atomic E-state index is -0.498. The summed E-state index contributed by atoms with van der Waals surface area (Å²) in [6, 6.07) is -0.158. The summed E-state index contributed by atoms with van der Waals surface area (Å²) in [6.07, 6.45) is 4.03. The monoisotopic (exact) mass is 297 g/mol. The number of carbonyl (C=O) groups excluding carboxylic acids is 1. The third-order valence-electron chi connectivity index (χ3n) is 2.81. The number of amides is 1. The second-order valence-electron chi connectivity index (χ2n) is 5.93. The molecule has 0 saturated carbocycles. The largest absolute Gasteiger partial charge is 0.444 e. The van der Waals surface area contributed by atoms with Crippen LogP contribution >= 0.6 is 0 Å². The molecular formula is C15H27N3O3. The molecule has 1 atom stereocenters. The summed E-state index contributed by atoms with van der Waals surface area (Å²) < 4.78 is 12.6. The van der Waals surface area contributed by atoms with Crippen LogP contribution in [0.3, 0.4) is 0 Å². The molecule has 1 N–H and O–H groups in total. The fourth-order valence-corrected chi connectivity index (χ4v) is 1.92. The van der Waals surface area contributed by atoms with E-state index in [-0.39, 0.29) is 6.04 Å². The van der Waals surface area contributed by atoms with Crippen molar-refractivity contribution in [3.63, 3.8) is 0 Å². The zero-order valence-corrected chi connectivity index (χ0v) is 13.7. The van der Waals surface area contributed by atoms with Crippen LogP contribution in [-0.4, -0.2) is 34.5 Å². The standard InChI is InChI=1S/C15H27N3O3/c1-6-20-9-7-8-18-11-16-10-13(18)12(2)17-14(19)21-15(3,4)5/h10-12H,6-9H2,1-5H3,(H,17,19). The van der Waals surface area contributed by atoms with E-state index in [1.807, 2.05) is 39.2 Å². The van der Waals surface area contributed by atoms with E-state index in [4.69, 9.17) is 9.47 Å². The van der Waals surface area contributed by atoms with Crippen molar-refractivity contribution in [2.75, 3.05) is 13.2 Å². The Hall–Kier alpha value is -1.56. The number of nitrogens with one attached hydrogen (secondary N) is 1. The Morgan fingerprint density at radius 2 is 2.19 bits per heavy atom. The highest BCUT2D eigenvalue weighted by molar-refractivity contribution is 5.68. The fourth-order valence-electron chi connectivity index (χ4n) is 1.92. The number of aromatic nitrogens is 2. The summed E-state index contributed by atoms with van der Waals surface area (Å²) >= 11 is 0. The predicted molar refractivity (Wildman–Crippen MR) is 81.1 cm³/mol. The summed E-state index contributed by atoms with van der Waals surface area (Å²) in [5.74, 6) is 0. The zero-order valence-electron chi connectivity index (χ0n) is 13.7. The van der Waals surface area contributed by atoms with Crippen molar-refractivity contribution >= 4 is 6.09 Å². The van der Waals surface area contributed by atoms with Crippen LogP contribution in [0.2, 0.25) is 0 Å². The summed E-state index contributed by atoms with van der Waals surface area (Å²) in [6.45, 7) is 11.7. The van der Waals surface area contributed by atoms with Crippen molar-refractivity contribution in [3.8, 4) is 0 Å². The molecule has 1 heterocycles. The number of ether oxygens (including phenoxy) is 2. The highest BCUT2D eigenvalue weighted by atomic mass is 16.6. The highest BCUT2D eigenvalue weighted by Crippen LogP contribution is 2.14. The third kappa shape index (κ3) is 6.62. The molecule has 120 valence electrons. The number of aryl methyl sites for hydroxylation is 1. The van der Waals surface area contributed by atoms with Gasteiger partial charge < -0.3 is 19.4 Å². The zero-order chi connectivity index (χ0) is 15.9. The maximum absolute atomic E-state index is 11.8. The normalized spacial score (nSPS) is 13.0. The van der Waals surface area contributed by atoms with Crippen LogP contribution in [0, 0.1) is 0 Å². The van der Waals surface area contributed by atoms with Gasteiger partial charge in [-0.2, -0.15) is 0 Å². The van der Waals surface area contributed by atoms with E-state index in [0.29, 0.717) is 0 Å². The van der Waals surface area contributed by atoms with Crippen LogP contribution < -0.4 is 5.32 Å². The minimum absolute atomic E-state index is 0.158. The van der Waals surface area contributed by atoms with E-state index in [1.54, 1.807) is 12.5 Å². The Kier molecular flexibility index (Phi) is 6.68. The van der Waals surface area contributed by atoms with E-state index in [0.717, 1.165) is 31.9 Å². The van der Waals surface area contributed by atoms with E-state index < -0.39 is 11.7 Å². The number of alkyl carbamates (subject to hydrolysis) is 1. The Bertz CT molecular complexity index is 438. The van der Waals surface area contributed by atoms with Gasteiger partial charge in [-0.3, -0.25) is 0 Å². The van der Waals surface area contributed by atoms with Crippen molar-refractivity contribution in [3.05, 3.63) is 18.2 Å². The lowest BCUT2D eigenvalue weighted by Gasteiger charge is -2.22. The Balaban J connectivity index is 2.52. The number of carbonyl (C=O) groups is 1. The molecule has 1 aromatic heterocycles. The van der Waals surface area contributed by atoms with E-state index >= 15 is 0 Å². The molecule has 0 bridgehead atoms. The lowest BCUT2D eigenvalue weighted by Crippen LogP contribution is -2.34. The minimum Gasteiger partial charge on any atom is -0.444 e. The molecule has 1 aromatic rings. The molecule has 6 heteroatoms. The van der Waals surface area contributed by atoms with E-state index in [2.05, 4.69) is 10.3 Å². The van der Waals surface area contributed by atoms with Crippen molar-refractivity contribution in [1.29, 1.82) is 0 Å². The van der Waals surface area contributed by atoms with Gasteiger partial charge in [-0.25, -0.2) is 9.78 Å². The van der Waals surface area contributed by atoms with Gasteiger partial charge in [0.2, 0.25) is 0 Å². The van der Waals surface area contributed by atoms with Gasteiger partial charge in [0.15, 0.2) is 0 Å². The lowest BCUT2D eigenvalue weighted by atomic mass is 10.2. The maximum Gasteiger partial charge on any atom is 0.408 e. The summed E-state index contributed by atoms with van der Waals surface area (Å²) in [7, 11) is 0. The van der Waals surface area contributed by atoms with Crippen LogP contribution in [0.25, 0.3) is 0 Å². The van der Waals surface area contributed by atoms with E-state index in [1.165, 1.54) is 0 Å². The first-order chi connectivity index (χ1) is 9.83. The first-order valence-corrected chi connectivity index (χ1v) is 7.40. The number of nitrogens with zero attached hydrogens (tertiary/aromatic N) is 2. The van der Waals surface area contributed by atoms with Gasteiger partial charge in [-0.15, -0.1) is 0 Å². The molecule has 1 rings (SSSR count). The van der Waals surface area contributed by atoms with Crippen molar-refractivity contribution < 1.29 is 14.3 Å². The maximum atomic E-state index is 11.8. The van der Waals surface area contributed by atoms with Gasteiger partial charge in [-0.1, -0.05) is 0 Å². The molecule has 0 aliphatic carbocycles. The number of imidazole rings is 1. The lowest BCUT2D eigenvalue weighted by molar-refractivity contribution is 0.0506. The molecule has 1 unspecified atom stereocenters. The number of hydrogen-bond acceptors (Lipinski definition) is 4. The van der Waals surface area contributed by atoms with Crippen LogP contribution in [0.5, 0.6) is 0 Å². The van der Waals surface area contributed by atoms with Gasteiger partial charge in [0.05, 0.1) is 24.3 Å². The first-order valence-electron chi connectivity index (χ1n) is 7.40. The Labute approximate surface area is 126 Å². The average molecular weight is 297 g/mol. The second kappa shape index (κ2) is 8.02. The van der Waals surface area contributed by atoms with Crippen molar-refractivity contribution in [2.45, 2.75) is 59.2 Å². The molecule has 6 nitrogen and oxygen atoms in total.